The maximum Gasteiger partial charge on any atom is 0.192 e. The first-order chi connectivity index (χ1) is 8.16. The molecule has 0 aliphatic carbocycles. The summed E-state index contributed by atoms with van der Waals surface area (Å²) in [6, 6.07) is 5.38. The number of pyridine rings is 1. The van der Waals surface area contributed by atoms with Crippen molar-refractivity contribution in [3.05, 3.63) is 42.2 Å². The molecule has 0 radical (unpaired) electrons. The predicted molar refractivity (Wildman–Crippen MR) is 64.0 cm³/mol. The Bertz CT molecular complexity index is 695. The molecule has 0 aliphatic rings. The summed E-state index contributed by atoms with van der Waals surface area (Å²) >= 11 is 0. The maximum absolute atomic E-state index is 9.92. The third kappa shape index (κ3) is 1.41. The first-order valence-electron chi connectivity index (χ1n) is 5.40. The fourth-order valence-corrected chi connectivity index (χ4v) is 2.11. The average molecular weight is 228 g/mol. The van der Waals surface area contributed by atoms with E-state index in [0.717, 1.165) is 16.8 Å². The summed E-state index contributed by atoms with van der Waals surface area (Å²) in [6.07, 6.45) is 3.78. The van der Waals surface area contributed by atoms with Gasteiger partial charge in [-0.15, -0.1) is 0 Å². The van der Waals surface area contributed by atoms with Crippen molar-refractivity contribution in [2.24, 2.45) is 0 Å². The van der Waals surface area contributed by atoms with E-state index in [1.807, 2.05) is 36.7 Å². The number of nitrogens with zero attached hydrogens (tertiary/aromatic N) is 2. The minimum atomic E-state index is 0.237. The number of fused-ring (bicyclic) bond motifs is 1. The van der Waals surface area contributed by atoms with Crippen molar-refractivity contribution < 1.29 is 9.52 Å². The van der Waals surface area contributed by atoms with Gasteiger partial charge in [0, 0.05) is 24.9 Å². The molecule has 0 amide bonds. The molecule has 3 rings (SSSR count). The molecule has 0 unspecified atom stereocenters. The molecule has 3 aromatic rings. The lowest BCUT2D eigenvalue weighted by Gasteiger charge is -2.00. The van der Waals surface area contributed by atoms with E-state index in [2.05, 4.69) is 4.98 Å². The Balaban J connectivity index is 2.35. The van der Waals surface area contributed by atoms with E-state index in [9.17, 15) is 5.11 Å². The monoisotopic (exact) mass is 228 g/mol. The Morgan fingerprint density at radius 2 is 2.06 bits per heavy atom. The van der Waals surface area contributed by atoms with E-state index in [0.29, 0.717) is 11.7 Å². The molecule has 3 heterocycles. The predicted octanol–water partition coefficient (Wildman–Crippen LogP) is 2.92. The van der Waals surface area contributed by atoms with E-state index in [1.54, 1.807) is 12.1 Å². The highest BCUT2D eigenvalue weighted by Gasteiger charge is 2.15. The van der Waals surface area contributed by atoms with Gasteiger partial charge >= 0.3 is 0 Å². The van der Waals surface area contributed by atoms with Gasteiger partial charge in [-0.1, -0.05) is 0 Å². The number of aromatic hydroxyl groups is 1. The molecule has 1 N–H and O–H groups in total. The minimum absolute atomic E-state index is 0.237. The summed E-state index contributed by atoms with van der Waals surface area (Å²) in [5.74, 6) is 1.58. The summed E-state index contributed by atoms with van der Waals surface area (Å²) in [4.78, 5) is 4.25. The molecule has 3 aromatic heterocycles. The second-order valence-corrected chi connectivity index (χ2v) is 4.03. The maximum atomic E-state index is 9.92. The SMILES string of the molecule is Cc1nc(C)c(-c2ccn3cccc(O)c23)o1. The van der Waals surface area contributed by atoms with E-state index in [-0.39, 0.29) is 5.75 Å². The number of oxazole rings is 1. The average Bonchev–Trinajstić information content (AvgIpc) is 2.83. The van der Waals surface area contributed by atoms with Crippen LogP contribution < -0.4 is 0 Å². The van der Waals surface area contributed by atoms with Gasteiger partial charge in [-0.05, 0) is 25.1 Å². The first kappa shape index (κ1) is 9.96. The van der Waals surface area contributed by atoms with E-state index >= 15 is 0 Å². The van der Waals surface area contributed by atoms with Gasteiger partial charge < -0.3 is 13.9 Å². The Kier molecular flexibility index (Phi) is 1.98. The van der Waals surface area contributed by atoms with Crippen LogP contribution in [0.5, 0.6) is 5.75 Å². The van der Waals surface area contributed by atoms with Crippen molar-refractivity contribution in [1.82, 2.24) is 9.38 Å². The van der Waals surface area contributed by atoms with Gasteiger partial charge in [0.05, 0.1) is 11.2 Å². The Labute approximate surface area is 98.1 Å². The molecular weight excluding hydrogens is 216 g/mol. The van der Waals surface area contributed by atoms with Gasteiger partial charge in [-0.2, -0.15) is 0 Å². The van der Waals surface area contributed by atoms with Crippen LogP contribution in [0.1, 0.15) is 11.6 Å². The van der Waals surface area contributed by atoms with Crippen LogP contribution in [0.4, 0.5) is 0 Å². The zero-order chi connectivity index (χ0) is 12.0. The van der Waals surface area contributed by atoms with Crippen molar-refractivity contribution in [2.75, 3.05) is 0 Å². The molecule has 86 valence electrons. The fourth-order valence-electron chi connectivity index (χ4n) is 2.11. The Morgan fingerprint density at radius 1 is 1.24 bits per heavy atom. The highest BCUT2D eigenvalue weighted by atomic mass is 16.4. The van der Waals surface area contributed by atoms with Crippen LogP contribution in [0, 0.1) is 13.8 Å². The lowest BCUT2D eigenvalue weighted by atomic mass is 10.2. The van der Waals surface area contributed by atoms with Crippen molar-refractivity contribution in [3.63, 3.8) is 0 Å². The molecule has 0 fully saturated rings. The number of aryl methyl sites for hydroxylation is 2. The van der Waals surface area contributed by atoms with Crippen LogP contribution in [0.2, 0.25) is 0 Å². The van der Waals surface area contributed by atoms with Crippen LogP contribution in [0.25, 0.3) is 16.8 Å². The normalized spacial score (nSPS) is 11.2. The van der Waals surface area contributed by atoms with Gasteiger partial charge in [0.25, 0.3) is 0 Å². The number of rotatable bonds is 1. The molecule has 0 aliphatic heterocycles. The molecule has 17 heavy (non-hydrogen) atoms. The van der Waals surface area contributed by atoms with Crippen LogP contribution in [-0.2, 0) is 0 Å². The number of hydrogen-bond donors (Lipinski definition) is 1. The van der Waals surface area contributed by atoms with Crippen LogP contribution in [0.3, 0.4) is 0 Å². The lowest BCUT2D eigenvalue weighted by molar-refractivity contribution is 0.478. The largest absolute Gasteiger partial charge is 0.506 e. The highest BCUT2D eigenvalue weighted by Crippen LogP contribution is 2.33. The zero-order valence-electron chi connectivity index (χ0n) is 9.64. The Hall–Kier alpha value is -2.23. The van der Waals surface area contributed by atoms with E-state index in [1.165, 1.54) is 0 Å². The summed E-state index contributed by atoms with van der Waals surface area (Å²) in [5.41, 5.74) is 2.44. The van der Waals surface area contributed by atoms with Crippen molar-refractivity contribution in [1.29, 1.82) is 0 Å². The van der Waals surface area contributed by atoms with Crippen LogP contribution >= 0.6 is 0 Å². The number of hydrogen-bond acceptors (Lipinski definition) is 3. The van der Waals surface area contributed by atoms with Gasteiger partial charge in [0.2, 0.25) is 0 Å². The quantitative estimate of drug-likeness (QED) is 0.696. The van der Waals surface area contributed by atoms with Gasteiger partial charge in [0.1, 0.15) is 5.75 Å². The van der Waals surface area contributed by atoms with Crippen molar-refractivity contribution in [3.8, 4) is 17.1 Å². The molecule has 0 bridgehead atoms. The van der Waals surface area contributed by atoms with Gasteiger partial charge in [-0.25, -0.2) is 4.98 Å². The standard InChI is InChI=1S/C13H12N2O2/c1-8-13(17-9(2)14-8)10-5-7-15-6-3-4-11(16)12(10)15/h3-7,16H,1-2H3. The molecular formula is C13H12N2O2. The smallest absolute Gasteiger partial charge is 0.192 e. The van der Waals surface area contributed by atoms with Crippen molar-refractivity contribution >= 4 is 5.52 Å². The molecule has 4 nitrogen and oxygen atoms in total. The minimum Gasteiger partial charge on any atom is -0.506 e. The van der Waals surface area contributed by atoms with Crippen LogP contribution in [0.15, 0.2) is 35.0 Å². The topological polar surface area (TPSA) is 50.7 Å². The lowest BCUT2D eigenvalue weighted by Crippen LogP contribution is -1.83. The molecule has 0 atom stereocenters. The third-order valence-corrected chi connectivity index (χ3v) is 2.81. The summed E-state index contributed by atoms with van der Waals surface area (Å²) in [6.45, 7) is 3.71. The molecule has 0 spiro atoms. The first-order valence-corrected chi connectivity index (χ1v) is 5.40. The van der Waals surface area contributed by atoms with E-state index < -0.39 is 0 Å². The van der Waals surface area contributed by atoms with Crippen molar-refractivity contribution in [2.45, 2.75) is 13.8 Å². The summed E-state index contributed by atoms with van der Waals surface area (Å²) in [7, 11) is 0. The van der Waals surface area contributed by atoms with Gasteiger partial charge in [0.15, 0.2) is 11.7 Å². The molecule has 0 aromatic carbocycles. The van der Waals surface area contributed by atoms with Gasteiger partial charge in [-0.3, -0.25) is 0 Å². The molecule has 0 saturated heterocycles. The molecule has 4 heteroatoms. The van der Waals surface area contributed by atoms with E-state index in [4.69, 9.17) is 4.42 Å². The molecule has 0 saturated carbocycles. The number of aromatic nitrogens is 2. The second-order valence-electron chi connectivity index (χ2n) is 4.03. The summed E-state index contributed by atoms with van der Waals surface area (Å²) in [5, 5.41) is 9.92. The zero-order valence-corrected chi connectivity index (χ0v) is 9.64. The third-order valence-electron chi connectivity index (χ3n) is 2.81. The van der Waals surface area contributed by atoms with Crippen LogP contribution in [-0.4, -0.2) is 14.5 Å². The fraction of sp³-hybridized carbons (Fsp3) is 0.154. The summed E-state index contributed by atoms with van der Waals surface area (Å²) < 4.78 is 7.45. The highest BCUT2D eigenvalue weighted by molar-refractivity contribution is 5.83. The Morgan fingerprint density at radius 3 is 2.76 bits per heavy atom. The second kappa shape index (κ2) is 3.38.